The van der Waals surface area contributed by atoms with Crippen LogP contribution >= 0.6 is 11.8 Å². The molecule has 0 saturated heterocycles. The molecule has 0 aromatic heterocycles. The summed E-state index contributed by atoms with van der Waals surface area (Å²) >= 11 is 1.98. The maximum absolute atomic E-state index is 6.51. The highest BCUT2D eigenvalue weighted by Gasteiger charge is 2.29. The lowest BCUT2D eigenvalue weighted by Gasteiger charge is -2.21. The zero-order chi connectivity index (χ0) is 12.4. The first-order valence-electron chi connectivity index (χ1n) is 7.03. The van der Waals surface area contributed by atoms with E-state index in [2.05, 4.69) is 30.3 Å². The van der Waals surface area contributed by atoms with E-state index >= 15 is 0 Å². The fourth-order valence-corrected chi connectivity index (χ4v) is 4.36. The first-order valence-corrected chi connectivity index (χ1v) is 7.91. The van der Waals surface area contributed by atoms with Gasteiger partial charge in [-0.25, -0.2) is 0 Å². The van der Waals surface area contributed by atoms with Crippen molar-refractivity contribution in [3.63, 3.8) is 0 Å². The average molecular weight is 259 g/mol. The average Bonchev–Trinajstić information content (AvgIpc) is 2.64. The van der Waals surface area contributed by atoms with Crippen molar-refractivity contribution in [1.29, 1.82) is 0 Å². The Morgan fingerprint density at radius 3 is 2.94 bits per heavy atom. The van der Waals surface area contributed by atoms with Crippen LogP contribution in [0.1, 0.15) is 37.7 Å². The lowest BCUT2D eigenvalue weighted by molar-refractivity contribution is 0.655. The fourth-order valence-electron chi connectivity index (χ4n) is 2.99. The van der Waals surface area contributed by atoms with E-state index in [4.69, 9.17) is 5.73 Å². The zero-order valence-electron chi connectivity index (χ0n) is 10.8. The smallest absolute Gasteiger partial charge is 0.0381 e. The number of allylic oxidation sites excluding steroid dienone is 1. The molecule has 0 bridgehead atoms. The zero-order valence-corrected chi connectivity index (χ0v) is 11.6. The number of fused-ring (bicyclic) bond motifs is 1. The SMILES string of the molecule is NC(C1=CCCCCC1)C1Cc2ccccc2S1. The van der Waals surface area contributed by atoms with Crippen LogP contribution < -0.4 is 5.73 Å². The molecule has 0 spiro atoms. The quantitative estimate of drug-likeness (QED) is 0.815. The van der Waals surface area contributed by atoms with Crippen LogP contribution in [0.2, 0.25) is 0 Å². The van der Waals surface area contributed by atoms with Gasteiger partial charge in [0.1, 0.15) is 0 Å². The van der Waals surface area contributed by atoms with E-state index in [0.717, 1.165) is 6.42 Å². The van der Waals surface area contributed by atoms with Gasteiger partial charge in [-0.1, -0.05) is 36.3 Å². The Morgan fingerprint density at radius 2 is 2.06 bits per heavy atom. The van der Waals surface area contributed by atoms with Gasteiger partial charge in [0.05, 0.1) is 0 Å². The maximum Gasteiger partial charge on any atom is 0.0381 e. The van der Waals surface area contributed by atoms with Crippen LogP contribution in [0.15, 0.2) is 40.8 Å². The Bertz CT molecular complexity index is 427. The molecule has 3 rings (SSSR count). The molecule has 1 aliphatic carbocycles. The molecule has 2 aliphatic rings. The molecule has 1 aromatic rings. The van der Waals surface area contributed by atoms with Gasteiger partial charge in [-0.2, -0.15) is 0 Å². The van der Waals surface area contributed by atoms with Crippen molar-refractivity contribution < 1.29 is 0 Å². The number of nitrogens with two attached hydrogens (primary N) is 1. The van der Waals surface area contributed by atoms with Gasteiger partial charge in [0.15, 0.2) is 0 Å². The van der Waals surface area contributed by atoms with Crippen molar-refractivity contribution in [3.8, 4) is 0 Å². The van der Waals surface area contributed by atoms with Gasteiger partial charge < -0.3 is 5.73 Å². The van der Waals surface area contributed by atoms with Crippen LogP contribution in [-0.4, -0.2) is 11.3 Å². The highest BCUT2D eigenvalue weighted by Crippen LogP contribution is 2.40. The second-order valence-electron chi connectivity index (χ2n) is 5.37. The number of rotatable bonds is 2. The summed E-state index contributed by atoms with van der Waals surface area (Å²) in [7, 11) is 0. The minimum atomic E-state index is 0.250. The molecule has 2 heteroatoms. The van der Waals surface area contributed by atoms with E-state index in [0.29, 0.717) is 5.25 Å². The third-order valence-electron chi connectivity index (χ3n) is 4.08. The molecular formula is C16H21NS. The molecule has 0 saturated carbocycles. The molecular weight excluding hydrogens is 238 g/mol. The first kappa shape index (κ1) is 12.3. The lowest BCUT2D eigenvalue weighted by Crippen LogP contribution is -2.34. The number of benzene rings is 1. The highest BCUT2D eigenvalue weighted by atomic mass is 32.2. The Hall–Kier alpha value is -0.730. The first-order chi connectivity index (χ1) is 8.84. The van der Waals surface area contributed by atoms with Crippen molar-refractivity contribution in [2.24, 2.45) is 5.73 Å². The van der Waals surface area contributed by atoms with Crippen LogP contribution in [0.3, 0.4) is 0 Å². The molecule has 1 aromatic carbocycles. The molecule has 0 fully saturated rings. The van der Waals surface area contributed by atoms with Gasteiger partial charge in [0.25, 0.3) is 0 Å². The summed E-state index contributed by atoms with van der Waals surface area (Å²) in [4.78, 5) is 1.44. The molecule has 96 valence electrons. The van der Waals surface area contributed by atoms with Crippen molar-refractivity contribution in [1.82, 2.24) is 0 Å². The molecule has 1 nitrogen and oxygen atoms in total. The molecule has 0 amide bonds. The second-order valence-corrected chi connectivity index (χ2v) is 6.65. The summed E-state index contributed by atoms with van der Waals surface area (Å²) in [5.41, 5.74) is 9.51. The summed E-state index contributed by atoms with van der Waals surface area (Å²) in [6, 6.07) is 8.99. The Balaban J connectivity index is 1.71. The Morgan fingerprint density at radius 1 is 1.17 bits per heavy atom. The van der Waals surface area contributed by atoms with E-state index < -0.39 is 0 Å². The van der Waals surface area contributed by atoms with Crippen molar-refractivity contribution in [2.45, 2.75) is 54.7 Å². The largest absolute Gasteiger partial charge is 0.323 e. The Kier molecular flexibility index (Phi) is 3.76. The summed E-state index contributed by atoms with van der Waals surface area (Å²) in [5.74, 6) is 0. The van der Waals surface area contributed by atoms with E-state index in [1.165, 1.54) is 48.1 Å². The number of thioether (sulfide) groups is 1. The summed E-state index contributed by atoms with van der Waals surface area (Å²) in [5, 5.41) is 0.548. The highest BCUT2D eigenvalue weighted by molar-refractivity contribution is 8.00. The van der Waals surface area contributed by atoms with Crippen LogP contribution in [0, 0.1) is 0 Å². The van der Waals surface area contributed by atoms with Gasteiger partial charge in [-0.15, -0.1) is 11.8 Å². The normalized spacial score (nSPS) is 25.2. The standard InChI is InChI=1S/C16H21NS/c17-16(12-7-3-1-2-4-8-12)15-11-13-9-5-6-10-14(13)18-15/h5-7,9-10,15-16H,1-4,8,11,17H2. The van der Waals surface area contributed by atoms with Gasteiger partial charge >= 0.3 is 0 Å². The molecule has 0 radical (unpaired) electrons. The van der Waals surface area contributed by atoms with Crippen molar-refractivity contribution in [3.05, 3.63) is 41.5 Å². The van der Waals surface area contributed by atoms with Crippen LogP contribution in [-0.2, 0) is 6.42 Å². The monoisotopic (exact) mass is 259 g/mol. The molecule has 2 atom stereocenters. The minimum absolute atomic E-state index is 0.250. The number of hydrogen-bond acceptors (Lipinski definition) is 2. The third kappa shape index (κ3) is 2.50. The second kappa shape index (κ2) is 5.50. The predicted octanol–water partition coefficient (Wildman–Crippen LogP) is 3.92. The molecule has 2 N–H and O–H groups in total. The van der Waals surface area contributed by atoms with Gasteiger partial charge in [0.2, 0.25) is 0 Å². The van der Waals surface area contributed by atoms with Crippen molar-refractivity contribution in [2.75, 3.05) is 0 Å². The molecule has 1 aliphatic heterocycles. The van der Waals surface area contributed by atoms with Gasteiger partial charge in [0, 0.05) is 16.2 Å². The van der Waals surface area contributed by atoms with Gasteiger partial charge in [-0.3, -0.25) is 0 Å². The third-order valence-corrected chi connectivity index (χ3v) is 5.49. The minimum Gasteiger partial charge on any atom is -0.323 e. The van der Waals surface area contributed by atoms with E-state index in [-0.39, 0.29) is 6.04 Å². The van der Waals surface area contributed by atoms with Crippen molar-refractivity contribution >= 4 is 11.8 Å². The van der Waals surface area contributed by atoms with E-state index in [1.54, 1.807) is 0 Å². The van der Waals surface area contributed by atoms with Crippen LogP contribution in [0.5, 0.6) is 0 Å². The summed E-state index contributed by atoms with van der Waals surface area (Å²) in [6.45, 7) is 0. The van der Waals surface area contributed by atoms with E-state index in [1.807, 2.05) is 11.8 Å². The summed E-state index contributed by atoms with van der Waals surface area (Å²) in [6.07, 6.45) is 10.0. The molecule has 2 unspecified atom stereocenters. The fraction of sp³-hybridized carbons (Fsp3) is 0.500. The molecule has 18 heavy (non-hydrogen) atoms. The van der Waals surface area contributed by atoms with E-state index in [9.17, 15) is 0 Å². The summed E-state index contributed by atoms with van der Waals surface area (Å²) < 4.78 is 0. The lowest BCUT2D eigenvalue weighted by atomic mass is 9.96. The Labute approximate surface area is 114 Å². The molecule has 1 heterocycles. The number of hydrogen-bond donors (Lipinski definition) is 1. The van der Waals surface area contributed by atoms with Crippen LogP contribution in [0.25, 0.3) is 0 Å². The van der Waals surface area contributed by atoms with Gasteiger partial charge in [-0.05, 0) is 43.7 Å². The maximum atomic E-state index is 6.51. The predicted molar refractivity (Wildman–Crippen MR) is 78.9 cm³/mol. The topological polar surface area (TPSA) is 26.0 Å². The van der Waals surface area contributed by atoms with Crippen LogP contribution in [0.4, 0.5) is 0 Å².